The molecule has 3 aromatic heterocycles. The number of nitrogens with one attached hydrogen (secondary N) is 1. The van der Waals surface area contributed by atoms with E-state index in [9.17, 15) is 4.79 Å². The van der Waals surface area contributed by atoms with Crippen LogP contribution in [0.25, 0.3) is 5.82 Å². The van der Waals surface area contributed by atoms with Crippen LogP contribution in [0.4, 0.5) is 11.5 Å². The van der Waals surface area contributed by atoms with Crippen molar-refractivity contribution in [3.8, 4) is 17.7 Å². The number of hydrogen-bond acceptors (Lipinski definition) is 9. The van der Waals surface area contributed by atoms with Crippen LogP contribution in [0.5, 0.6) is 11.9 Å². The van der Waals surface area contributed by atoms with Crippen molar-refractivity contribution in [2.75, 3.05) is 37.5 Å². The lowest BCUT2D eigenvalue weighted by Gasteiger charge is -2.17. The minimum Gasteiger partial charge on any atom is -0.467 e. The minimum absolute atomic E-state index is 0.241. The average Bonchev–Trinajstić information content (AvgIpc) is 3.22. The zero-order valence-electron chi connectivity index (χ0n) is 16.7. The summed E-state index contributed by atoms with van der Waals surface area (Å²) >= 11 is 0. The maximum absolute atomic E-state index is 12.4. The summed E-state index contributed by atoms with van der Waals surface area (Å²) in [6, 6.07) is 3.64. The third-order valence-corrected chi connectivity index (χ3v) is 3.61. The summed E-state index contributed by atoms with van der Waals surface area (Å²) in [5, 5.41) is 6.87. The zero-order chi connectivity index (χ0) is 20.8. The van der Waals surface area contributed by atoms with E-state index in [1.54, 1.807) is 41.0 Å². The molecule has 29 heavy (non-hydrogen) atoms. The molecule has 0 aromatic carbocycles. The number of rotatable bonds is 8. The van der Waals surface area contributed by atoms with E-state index in [1.807, 2.05) is 21.0 Å². The van der Waals surface area contributed by atoms with Crippen molar-refractivity contribution in [3.63, 3.8) is 0 Å². The Morgan fingerprint density at radius 3 is 2.76 bits per heavy atom. The number of nitrogens with zero attached hydrogens (tertiary/aromatic N) is 7. The largest absolute Gasteiger partial charge is 0.467 e. The molecule has 11 heteroatoms. The molecule has 0 aliphatic heterocycles. The number of hydrogen-bond donors (Lipinski definition) is 1. The van der Waals surface area contributed by atoms with E-state index in [0.717, 1.165) is 0 Å². The summed E-state index contributed by atoms with van der Waals surface area (Å²) in [5.41, 5.74) is 0.447. The number of aryl methyl sites for hydroxylation is 1. The fraction of sp³-hybridized carbons (Fsp3) is 0.333. The summed E-state index contributed by atoms with van der Waals surface area (Å²) in [6.07, 6.45) is 4.90. The monoisotopic (exact) mass is 398 g/mol. The molecular weight excluding hydrogens is 376 g/mol. The summed E-state index contributed by atoms with van der Waals surface area (Å²) in [4.78, 5) is 31.0. The number of aromatic nitrogens is 6. The normalized spacial score (nSPS) is 10.5. The Morgan fingerprint density at radius 1 is 1.24 bits per heavy atom. The second-order valence-electron chi connectivity index (χ2n) is 6.12. The van der Waals surface area contributed by atoms with Crippen molar-refractivity contribution in [2.24, 2.45) is 0 Å². The minimum atomic E-state index is -0.377. The van der Waals surface area contributed by atoms with Crippen LogP contribution in [-0.2, 0) is 4.79 Å². The number of amides is 1. The van der Waals surface area contributed by atoms with E-state index in [4.69, 9.17) is 9.47 Å². The predicted octanol–water partition coefficient (Wildman–Crippen LogP) is 1.24. The molecule has 3 aromatic rings. The second-order valence-corrected chi connectivity index (χ2v) is 6.12. The summed E-state index contributed by atoms with van der Waals surface area (Å²) < 4.78 is 12.4. The lowest BCUT2D eigenvalue weighted by Crippen LogP contribution is -2.23. The van der Waals surface area contributed by atoms with E-state index in [1.165, 1.54) is 6.20 Å². The molecule has 0 bridgehead atoms. The lowest BCUT2D eigenvalue weighted by molar-refractivity contribution is -0.118. The fourth-order valence-electron chi connectivity index (χ4n) is 2.43. The number of carbonyl (C=O) groups is 1. The highest BCUT2D eigenvalue weighted by Gasteiger charge is 2.14. The molecule has 3 rings (SSSR count). The van der Waals surface area contributed by atoms with Gasteiger partial charge in [-0.25, -0.2) is 14.6 Å². The summed E-state index contributed by atoms with van der Waals surface area (Å²) in [6.45, 7) is 3.79. The molecule has 1 amide bonds. The van der Waals surface area contributed by atoms with E-state index >= 15 is 0 Å². The second kappa shape index (κ2) is 8.95. The van der Waals surface area contributed by atoms with Gasteiger partial charge in [-0.3, -0.25) is 4.79 Å². The number of anilines is 2. The molecule has 0 aliphatic carbocycles. The van der Waals surface area contributed by atoms with Gasteiger partial charge in [-0.15, -0.1) is 0 Å². The highest BCUT2D eigenvalue weighted by molar-refractivity contribution is 5.94. The summed E-state index contributed by atoms with van der Waals surface area (Å²) in [7, 11) is 3.62. The van der Waals surface area contributed by atoms with E-state index in [0.29, 0.717) is 29.8 Å². The van der Waals surface area contributed by atoms with E-state index in [2.05, 4.69) is 30.4 Å². The van der Waals surface area contributed by atoms with Crippen molar-refractivity contribution in [1.29, 1.82) is 0 Å². The van der Waals surface area contributed by atoms with E-state index in [-0.39, 0.29) is 24.4 Å². The predicted molar refractivity (Wildman–Crippen MR) is 106 cm³/mol. The molecule has 0 radical (unpaired) electrons. The van der Waals surface area contributed by atoms with Crippen LogP contribution in [0.1, 0.15) is 12.7 Å². The Bertz CT molecular complexity index is 975. The molecule has 0 fully saturated rings. The van der Waals surface area contributed by atoms with Crippen LogP contribution in [-0.4, -0.2) is 62.9 Å². The molecule has 0 aliphatic rings. The fourth-order valence-corrected chi connectivity index (χ4v) is 2.43. The van der Waals surface area contributed by atoms with E-state index < -0.39 is 0 Å². The maximum Gasteiger partial charge on any atom is 0.318 e. The average molecular weight is 398 g/mol. The third-order valence-electron chi connectivity index (χ3n) is 3.61. The van der Waals surface area contributed by atoms with Crippen LogP contribution >= 0.6 is 0 Å². The first-order chi connectivity index (χ1) is 14.0. The maximum atomic E-state index is 12.4. The van der Waals surface area contributed by atoms with Gasteiger partial charge >= 0.3 is 6.01 Å². The van der Waals surface area contributed by atoms with Crippen molar-refractivity contribution >= 4 is 17.4 Å². The first-order valence-corrected chi connectivity index (χ1v) is 8.91. The van der Waals surface area contributed by atoms with Crippen molar-refractivity contribution in [2.45, 2.75) is 13.8 Å². The standard InChI is InChI=1S/C18H22N8O3/c1-5-28-18-19-10-13(17(24-18)25(3)4)23-15(27)11-29-16-9-14(21-12(2)22-16)26-8-6-7-20-26/h6-10H,5,11H2,1-4H3,(H,23,27). The highest BCUT2D eigenvalue weighted by Crippen LogP contribution is 2.23. The van der Waals surface area contributed by atoms with Gasteiger partial charge in [0.15, 0.2) is 18.2 Å². The molecule has 11 nitrogen and oxygen atoms in total. The van der Waals surface area contributed by atoms with Gasteiger partial charge in [0.2, 0.25) is 5.88 Å². The molecule has 0 atom stereocenters. The molecular formula is C18H22N8O3. The number of ether oxygens (including phenoxy) is 2. The van der Waals surface area contributed by atoms with Crippen LogP contribution < -0.4 is 19.7 Å². The highest BCUT2D eigenvalue weighted by atomic mass is 16.5. The van der Waals surface area contributed by atoms with Crippen molar-refractivity contribution in [3.05, 3.63) is 36.5 Å². The quantitative estimate of drug-likeness (QED) is 0.597. The zero-order valence-corrected chi connectivity index (χ0v) is 16.7. The third kappa shape index (κ3) is 5.15. The Balaban J connectivity index is 1.68. The van der Waals surface area contributed by atoms with Crippen LogP contribution in [0.15, 0.2) is 30.7 Å². The molecule has 0 unspecified atom stereocenters. The van der Waals surface area contributed by atoms with Gasteiger partial charge in [0.25, 0.3) is 5.91 Å². The van der Waals surface area contributed by atoms with Crippen LogP contribution in [0, 0.1) is 6.92 Å². The Labute approximate surface area is 167 Å². The number of carbonyl (C=O) groups excluding carboxylic acids is 1. The van der Waals surface area contributed by atoms with Crippen LogP contribution in [0.2, 0.25) is 0 Å². The smallest absolute Gasteiger partial charge is 0.318 e. The van der Waals surface area contributed by atoms with Gasteiger partial charge < -0.3 is 19.7 Å². The first kappa shape index (κ1) is 20.0. The Kier molecular flexibility index (Phi) is 6.17. The SMILES string of the molecule is CCOc1ncc(NC(=O)COc2cc(-n3cccn3)nc(C)n2)c(N(C)C)n1. The molecule has 0 saturated heterocycles. The lowest BCUT2D eigenvalue weighted by atomic mass is 10.4. The van der Waals surface area contributed by atoms with Gasteiger partial charge in [-0.05, 0) is 19.9 Å². The van der Waals surface area contributed by atoms with Crippen molar-refractivity contribution < 1.29 is 14.3 Å². The van der Waals surface area contributed by atoms with Gasteiger partial charge in [-0.1, -0.05) is 0 Å². The molecule has 3 heterocycles. The van der Waals surface area contributed by atoms with Gasteiger partial charge in [0.05, 0.1) is 12.8 Å². The van der Waals surface area contributed by atoms with Gasteiger partial charge in [0.1, 0.15) is 11.5 Å². The molecule has 1 N–H and O–H groups in total. The molecule has 152 valence electrons. The van der Waals surface area contributed by atoms with Crippen molar-refractivity contribution in [1.82, 2.24) is 29.7 Å². The Hall–Kier alpha value is -3.76. The van der Waals surface area contributed by atoms with Gasteiger partial charge in [0, 0.05) is 32.6 Å². The Morgan fingerprint density at radius 2 is 2.07 bits per heavy atom. The van der Waals surface area contributed by atoms with Crippen LogP contribution in [0.3, 0.4) is 0 Å². The molecule has 0 spiro atoms. The van der Waals surface area contributed by atoms with Gasteiger partial charge in [-0.2, -0.15) is 15.1 Å². The topological polar surface area (TPSA) is 120 Å². The summed E-state index contributed by atoms with van der Waals surface area (Å²) in [5.74, 6) is 1.47. The molecule has 0 saturated carbocycles. The first-order valence-electron chi connectivity index (χ1n) is 8.91.